The lowest BCUT2D eigenvalue weighted by atomic mass is 10.1. The van der Waals surface area contributed by atoms with E-state index < -0.39 is 0 Å². The number of hydrogen-bond donors (Lipinski definition) is 1. The van der Waals surface area contributed by atoms with Gasteiger partial charge in [-0.1, -0.05) is 44.0 Å². The molecule has 0 saturated heterocycles. The van der Waals surface area contributed by atoms with E-state index in [-0.39, 0.29) is 12.1 Å². The first kappa shape index (κ1) is 14.7. The molecule has 1 aromatic carbocycles. The van der Waals surface area contributed by atoms with Gasteiger partial charge in [-0.25, -0.2) is 0 Å². The third-order valence-corrected chi connectivity index (χ3v) is 4.29. The van der Waals surface area contributed by atoms with Crippen molar-refractivity contribution < 1.29 is 0 Å². The molecule has 4 heteroatoms. The van der Waals surface area contributed by atoms with Gasteiger partial charge in [0.15, 0.2) is 0 Å². The van der Waals surface area contributed by atoms with E-state index in [0.29, 0.717) is 0 Å². The Bertz CT molecular complexity index is 543. The van der Waals surface area contributed by atoms with Crippen molar-refractivity contribution in [3.63, 3.8) is 0 Å². The van der Waals surface area contributed by atoms with Crippen molar-refractivity contribution in [2.45, 2.75) is 25.9 Å². The summed E-state index contributed by atoms with van der Waals surface area (Å²) in [5.41, 5.74) is 2.45. The summed E-state index contributed by atoms with van der Waals surface area (Å²) >= 11 is 7.09. The van der Waals surface area contributed by atoms with E-state index >= 15 is 0 Å². The van der Waals surface area contributed by atoms with Crippen molar-refractivity contribution in [3.8, 4) is 0 Å². The Kier molecular flexibility index (Phi) is 5.13. The van der Waals surface area contributed by atoms with Crippen LogP contribution in [0.5, 0.6) is 0 Å². The van der Waals surface area contributed by atoms with Crippen LogP contribution < -0.4 is 5.32 Å². The van der Waals surface area contributed by atoms with Gasteiger partial charge in [-0.2, -0.15) is 0 Å². The maximum atomic E-state index is 4.16. The van der Waals surface area contributed by atoms with Crippen LogP contribution in [-0.2, 0) is 0 Å². The van der Waals surface area contributed by atoms with E-state index in [1.165, 1.54) is 11.1 Å². The summed E-state index contributed by atoms with van der Waals surface area (Å²) < 4.78 is 2.19. The highest BCUT2D eigenvalue weighted by Crippen LogP contribution is 2.28. The van der Waals surface area contributed by atoms with Crippen LogP contribution in [0.25, 0.3) is 0 Å². The largest absolute Gasteiger partial charge is 0.304 e. The van der Waals surface area contributed by atoms with Crippen molar-refractivity contribution in [1.29, 1.82) is 0 Å². The molecule has 2 unspecified atom stereocenters. The van der Waals surface area contributed by atoms with Crippen LogP contribution in [0.1, 0.15) is 37.1 Å². The second-order valence-corrected chi connectivity index (χ2v) is 6.33. The molecule has 2 nitrogen and oxygen atoms in total. The average molecular weight is 384 g/mol. The van der Waals surface area contributed by atoms with Gasteiger partial charge in [0.2, 0.25) is 0 Å². The number of hydrogen-bond acceptors (Lipinski definition) is 2. The first-order valence-electron chi connectivity index (χ1n) is 6.19. The Morgan fingerprint density at radius 3 is 2.53 bits per heavy atom. The number of rotatable bonds is 4. The topological polar surface area (TPSA) is 24.9 Å². The molecule has 0 bridgehead atoms. The minimum atomic E-state index is 0.262. The number of nitrogens with one attached hydrogen (secondary N) is 1. The standard InChI is InChI=1S/C15H16Br2N2/c1-10(12-4-3-7-18-9-12)19-11(2)14-6-5-13(16)8-15(14)17/h3-11,19H,1-2H3. The minimum Gasteiger partial charge on any atom is -0.304 e. The van der Waals surface area contributed by atoms with Gasteiger partial charge in [-0.05, 0) is 43.2 Å². The molecular weight excluding hydrogens is 368 g/mol. The van der Waals surface area contributed by atoms with E-state index in [4.69, 9.17) is 0 Å². The van der Waals surface area contributed by atoms with Crippen LogP contribution in [0.3, 0.4) is 0 Å². The monoisotopic (exact) mass is 382 g/mol. The minimum absolute atomic E-state index is 0.262. The van der Waals surface area contributed by atoms with Crippen molar-refractivity contribution in [2.75, 3.05) is 0 Å². The van der Waals surface area contributed by atoms with Crippen molar-refractivity contribution in [2.24, 2.45) is 0 Å². The predicted octanol–water partition coefficient (Wildman–Crippen LogP) is 5.02. The fourth-order valence-electron chi connectivity index (χ4n) is 2.05. The fourth-order valence-corrected chi connectivity index (χ4v) is 3.44. The Labute approximate surface area is 130 Å². The van der Waals surface area contributed by atoms with Gasteiger partial charge < -0.3 is 5.32 Å². The molecule has 0 saturated carbocycles. The first-order valence-corrected chi connectivity index (χ1v) is 7.77. The summed E-state index contributed by atoms with van der Waals surface area (Å²) in [7, 11) is 0. The lowest BCUT2D eigenvalue weighted by molar-refractivity contribution is 0.492. The zero-order valence-corrected chi connectivity index (χ0v) is 14.1. The SMILES string of the molecule is CC(NC(C)c1ccc(Br)cc1Br)c1cccnc1. The Hall–Kier alpha value is -0.710. The summed E-state index contributed by atoms with van der Waals surface area (Å²) in [5.74, 6) is 0. The van der Waals surface area contributed by atoms with Crippen LogP contribution in [0.2, 0.25) is 0 Å². The second kappa shape index (κ2) is 6.64. The van der Waals surface area contributed by atoms with E-state index in [9.17, 15) is 0 Å². The summed E-state index contributed by atoms with van der Waals surface area (Å²) in [6, 6.07) is 10.8. The average Bonchev–Trinajstić information content (AvgIpc) is 2.39. The maximum Gasteiger partial charge on any atom is 0.0315 e. The van der Waals surface area contributed by atoms with Crippen molar-refractivity contribution in [1.82, 2.24) is 10.3 Å². The van der Waals surface area contributed by atoms with E-state index in [0.717, 1.165) is 8.95 Å². The van der Waals surface area contributed by atoms with Gasteiger partial charge in [0.1, 0.15) is 0 Å². The number of benzene rings is 1. The molecule has 0 aliphatic carbocycles. The first-order chi connectivity index (χ1) is 9.08. The molecular formula is C15H16Br2N2. The lowest BCUT2D eigenvalue weighted by Gasteiger charge is -2.21. The molecule has 2 aromatic rings. The van der Waals surface area contributed by atoms with Crippen LogP contribution in [0, 0.1) is 0 Å². The Morgan fingerprint density at radius 1 is 1.11 bits per heavy atom. The molecule has 0 aliphatic rings. The number of halogens is 2. The van der Waals surface area contributed by atoms with Crippen LogP contribution in [-0.4, -0.2) is 4.98 Å². The maximum absolute atomic E-state index is 4.16. The van der Waals surface area contributed by atoms with E-state index in [1.807, 2.05) is 12.3 Å². The quantitative estimate of drug-likeness (QED) is 0.801. The highest BCUT2D eigenvalue weighted by Gasteiger charge is 2.13. The van der Waals surface area contributed by atoms with Gasteiger partial charge >= 0.3 is 0 Å². The zero-order valence-electron chi connectivity index (χ0n) is 10.9. The summed E-state index contributed by atoms with van der Waals surface area (Å²) in [4.78, 5) is 4.16. The molecule has 1 heterocycles. The van der Waals surface area contributed by atoms with Gasteiger partial charge in [-0.15, -0.1) is 0 Å². The van der Waals surface area contributed by atoms with Gasteiger partial charge in [0.05, 0.1) is 0 Å². The smallest absolute Gasteiger partial charge is 0.0315 e. The summed E-state index contributed by atoms with van der Waals surface area (Å²) in [6.45, 7) is 4.32. The number of nitrogens with zero attached hydrogens (tertiary/aromatic N) is 1. The number of pyridine rings is 1. The summed E-state index contributed by atoms with van der Waals surface area (Å²) in [5, 5.41) is 3.59. The molecule has 2 rings (SSSR count). The van der Waals surface area contributed by atoms with Crippen LogP contribution in [0.4, 0.5) is 0 Å². The molecule has 100 valence electrons. The van der Waals surface area contributed by atoms with Gasteiger partial charge in [0, 0.05) is 33.4 Å². The molecule has 0 amide bonds. The predicted molar refractivity (Wildman–Crippen MR) is 86.0 cm³/mol. The Morgan fingerprint density at radius 2 is 1.89 bits per heavy atom. The van der Waals surface area contributed by atoms with Crippen molar-refractivity contribution >= 4 is 31.9 Å². The summed E-state index contributed by atoms with van der Waals surface area (Å²) in [6.07, 6.45) is 3.70. The van der Waals surface area contributed by atoms with Crippen LogP contribution in [0.15, 0.2) is 51.7 Å². The highest BCUT2D eigenvalue weighted by molar-refractivity contribution is 9.11. The molecule has 1 N–H and O–H groups in total. The Balaban J connectivity index is 2.10. The molecule has 0 fully saturated rings. The highest BCUT2D eigenvalue weighted by atomic mass is 79.9. The van der Waals surface area contributed by atoms with Crippen LogP contribution >= 0.6 is 31.9 Å². The molecule has 0 spiro atoms. The van der Waals surface area contributed by atoms with E-state index in [2.05, 4.69) is 80.3 Å². The molecule has 0 radical (unpaired) electrons. The number of aromatic nitrogens is 1. The van der Waals surface area contributed by atoms with E-state index in [1.54, 1.807) is 6.20 Å². The zero-order chi connectivity index (χ0) is 13.8. The molecule has 1 aromatic heterocycles. The molecule has 2 atom stereocenters. The second-order valence-electron chi connectivity index (χ2n) is 4.56. The molecule has 0 aliphatic heterocycles. The fraction of sp³-hybridized carbons (Fsp3) is 0.267. The third-order valence-electron chi connectivity index (χ3n) is 3.11. The lowest BCUT2D eigenvalue weighted by Crippen LogP contribution is -2.22. The van der Waals surface area contributed by atoms with Gasteiger partial charge in [0.25, 0.3) is 0 Å². The third kappa shape index (κ3) is 3.88. The molecule has 19 heavy (non-hydrogen) atoms. The van der Waals surface area contributed by atoms with Crippen molar-refractivity contribution in [3.05, 3.63) is 62.8 Å². The van der Waals surface area contributed by atoms with Gasteiger partial charge in [-0.3, -0.25) is 4.98 Å². The normalized spacial score (nSPS) is 14.1.